The molecule has 0 spiro atoms. The van der Waals surface area contributed by atoms with E-state index in [9.17, 15) is 35.1 Å². The Morgan fingerprint density at radius 3 is 2.55 bits per heavy atom. The lowest BCUT2D eigenvalue weighted by Gasteiger charge is -2.46. The van der Waals surface area contributed by atoms with Gasteiger partial charge >= 0.3 is 0 Å². The molecule has 0 bridgehead atoms. The molecule has 176 valence electrons. The van der Waals surface area contributed by atoms with E-state index in [4.69, 9.17) is 5.73 Å². The standard InChI is InChI=1S/C24H28N2O7/c1-26(2)7-3-4-11-5-6-15(27)18-14(11)9-12-8-13-10-16(28)20(23(25)31)24(32,33)19(13)22(30)17(12)21(18)29/h3-6,12-13,19,27-29,32-33H,7-10H2,1-2H3,(H2,25,31)/b4-3+. The zero-order valence-corrected chi connectivity index (χ0v) is 18.4. The van der Waals surface area contributed by atoms with E-state index in [1.807, 2.05) is 31.1 Å². The molecule has 3 aliphatic carbocycles. The van der Waals surface area contributed by atoms with Crippen LogP contribution in [-0.4, -0.2) is 68.6 Å². The quantitative estimate of drug-likeness (QED) is 0.365. The molecule has 1 saturated carbocycles. The number of ketones is 1. The number of benzene rings is 1. The lowest BCUT2D eigenvalue weighted by atomic mass is 9.59. The molecule has 0 heterocycles. The summed E-state index contributed by atoms with van der Waals surface area (Å²) in [5.41, 5.74) is 6.05. The van der Waals surface area contributed by atoms with Crippen molar-refractivity contribution in [2.24, 2.45) is 23.5 Å². The molecule has 3 aliphatic rings. The monoisotopic (exact) mass is 456 g/mol. The lowest BCUT2D eigenvalue weighted by Crippen LogP contribution is -2.57. The van der Waals surface area contributed by atoms with Gasteiger partial charge in [0.25, 0.3) is 5.91 Å². The van der Waals surface area contributed by atoms with Gasteiger partial charge in [0.05, 0.1) is 11.5 Å². The summed E-state index contributed by atoms with van der Waals surface area (Å²) in [5, 5.41) is 53.2. The van der Waals surface area contributed by atoms with E-state index in [2.05, 4.69) is 0 Å². The van der Waals surface area contributed by atoms with E-state index in [-0.39, 0.29) is 29.7 Å². The third kappa shape index (κ3) is 3.62. The van der Waals surface area contributed by atoms with E-state index in [1.54, 1.807) is 6.07 Å². The summed E-state index contributed by atoms with van der Waals surface area (Å²) in [7, 11) is 3.86. The minimum atomic E-state index is -2.97. The molecule has 9 heteroatoms. The fourth-order valence-corrected chi connectivity index (χ4v) is 5.52. The Kier molecular flexibility index (Phi) is 5.60. The number of rotatable bonds is 4. The molecule has 9 nitrogen and oxygen atoms in total. The first-order valence-electron chi connectivity index (χ1n) is 10.8. The molecule has 0 aliphatic heterocycles. The van der Waals surface area contributed by atoms with Crippen molar-refractivity contribution >= 4 is 23.5 Å². The van der Waals surface area contributed by atoms with Crippen LogP contribution >= 0.6 is 0 Å². The number of carbonyl (C=O) groups excluding carboxylic acids is 2. The third-order valence-corrected chi connectivity index (χ3v) is 6.84. The molecular weight excluding hydrogens is 428 g/mol. The Bertz CT molecular complexity index is 1130. The zero-order valence-electron chi connectivity index (χ0n) is 18.4. The van der Waals surface area contributed by atoms with Gasteiger partial charge in [0, 0.05) is 18.5 Å². The lowest BCUT2D eigenvalue weighted by molar-refractivity contribution is -0.197. The molecule has 0 aromatic heterocycles. The van der Waals surface area contributed by atoms with Crippen LogP contribution < -0.4 is 5.73 Å². The van der Waals surface area contributed by atoms with Crippen molar-refractivity contribution in [1.82, 2.24) is 4.90 Å². The number of aliphatic hydroxyl groups is 4. The maximum Gasteiger partial charge on any atom is 0.253 e. The Balaban J connectivity index is 1.81. The molecule has 33 heavy (non-hydrogen) atoms. The van der Waals surface area contributed by atoms with Crippen LogP contribution in [0, 0.1) is 17.8 Å². The SMILES string of the molecule is CN(C)C/C=C/c1ccc(O)c2c1CC1CC3CC(O)=C(C(N)=O)C(O)(O)C3C(=O)C1=C2O. The van der Waals surface area contributed by atoms with Crippen molar-refractivity contribution in [3.63, 3.8) is 0 Å². The highest BCUT2D eigenvalue weighted by molar-refractivity contribution is 6.07. The normalized spacial score (nSPS) is 26.5. The number of phenolic OH excluding ortho intramolecular Hbond substituents is 1. The summed E-state index contributed by atoms with van der Waals surface area (Å²) in [5.74, 6) is -8.65. The van der Waals surface area contributed by atoms with E-state index in [0.717, 1.165) is 5.56 Å². The summed E-state index contributed by atoms with van der Waals surface area (Å²) in [6.45, 7) is 0.692. The number of fused-ring (bicyclic) bond motifs is 3. The fraction of sp³-hybridized carbons (Fsp3) is 0.417. The minimum Gasteiger partial charge on any atom is -0.512 e. The summed E-state index contributed by atoms with van der Waals surface area (Å²) < 4.78 is 0. The van der Waals surface area contributed by atoms with Crippen molar-refractivity contribution in [3.05, 3.63) is 51.8 Å². The van der Waals surface area contributed by atoms with Gasteiger partial charge in [0.15, 0.2) is 5.78 Å². The number of hydrogen-bond acceptors (Lipinski definition) is 8. The van der Waals surface area contributed by atoms with Crippen molar-refractivity contribution in [2.75, 3.05) is 20.6 Å². The second kappa shape index (κ2) is 8.02. The molecular formula is C24H28N2O7. The van der Waals surface area contributed by atoms with Gasteiger partial charge in [-0.05, 0) is 56.0 Å². The van der Waals surface area contributed by atoms with Crippen molar-refractivity contribution < 1.29 is 35.1 Å². The van der Waals surface area contributed by atoms with Crippen LogP contribution in [0.4, 0.5) is 0 Å². The molecule has 7 N–H and O–H groups in total. The maximum atomic E-state index is 13.5. The van der Waals surface area contributed by atoms with Crippen LogP contribution in [-0.2, 0) is 16.0 Å². The van der Waals surface area contributed by atoms with Crippen LogP contribution in [0.2, 0.25) is 0 Å². The Hall–Kier alpha value is -3.14. The summed E-state index contributed by atoms with van der Waals surface area (Å²) in [6, 6.07) is 3.18. The Labute approximate surface area is 190 Å². The van der Waals surface area contributed by atoms with Gasteiger partial charge in [-0.25, -0.2) is 0 Å². The van der Waals surface area contributed by atoms with Crippen molar-refractivity contribution in [1.29, 1.82) is 0 Å². The summed E-state index contributed by atoms with van der Waals surface area (Å²) >= 11 is 0. The highest BCUT2D eigenvalue weighted by atomic mass is 16.5. The fourth-order valence-electron chi connectivity index (χ4n) is 5.52. The predicted octanol–water partition coefficient (Wildman–Crippen LogP) is 0.996. The molecule has 1 aromatic rings. The number of aromatic hydroxyl groups is 1. The molecule has 0 radical (unpaired) electrons. The maximum absolute atomic E-state index is 13.5. The van der Waals surface area contributed by atoms with E-state index >= 15 is 0 Å². The summed E-state index contributed by atoms with van der Waals surface area (Å²) in [6.07, 6.45) is 4.35. The number of likely N-dealkylation sites (N-methyl/N-ethyl adjacent to an activating group) is 1. The van der Waals surface area contributed by atoms with Gasteiger partial charge in [-0.2, -0.15) is 0 Å². The first-order chi connectivity index (χ1) is 15.4. The second-order valence-corrected chi connectivity index (χ2v) is 9.31. The number of hydrogen-bond donors (Lipinski definition) is 6. The first kappa shape index (κ1) is 23.0. The number of aliphatic hydroxyl groups excluding tert-OH is 2. The van der Waals surface area contributed by atoms with Crippen LogP contribution in [0.15, 0.2) is 35.1 Å². The molecule has 0 saturated heterocycles. The highest BCUT2D eigenvalue weighted by Crippen LogP contribution is 2.53. The van der Waals surface area contributed by atoms with Gasteiger partial charge in [0.1, 0.15) is 22.8 Å². The van der Waals surface area contributed by atoms with Crippen molar-refractivity contribution in [3.8, 4) is 5.75 Å². The number of carbonyl (C=O) groups is 2. The number of nitrogens with two attached hydrogens (primary N) is 1. The number of Topliss-reactive ketones (excluding diaryl/α,β-unsaturated/α-hetero) is 1. The van der Waals surface area contributed by atoms with Crippen molar-refractivity contribution in [2.45, 2.75) is 25.0 Å². The highest BCUT2D eigenvalue weighted by Gasteiger charge is 2.58. The molecule has 1 amide bonds. The number of amides is 1. The topological polar surface area (TPSA) is 165 Å². The molecule has 1 fully saturated rings. The number of primary amides is 1. The smallest absolute Gasteiger partial charge is 0.253 e. The Morgan fingerprint density at radius 2 is 1.91 bits per heavy atom. The minimum absolute atomic E-state index is 0.00819. The molecule has 3 atom stereocenters. The third-order valence-electron chi connectivity index (χ3n) is 6.84. The second-order valence-electron chi connectivity index (χ2n) is 9.31. The largest absolute Gasteiger partial charge is 0.512 e. The van der Waals surface area contributed by atoms with Gasteiger partial charge in [-0.1, -0.05) is 18.2 Å². The number of nitrogens with zero attached hydrogens (tertiary/aromatic N) is 1. The first-order valence-corrected chi connectivity index (χ1v) is 10.8. The molecule has 4 rings (SSSR count). The predicted molar refractivity (Wildman–Crippen MR) is 120 cm³/mol. The van der Waals surface area contributed by atoms with Crippen LogP contribution in [0.3, 0.4) is 0 Å². The van der Waals surface area contributed by atoms with Crippen LogP contribution in [0.5, 0.6) is 5.75 Å². The van der Waals surface area contributed by atoms with Crippen LogP contribution in [0.25, 0.3) is 11.8 Å². The average Bonchev–Trinajstić information content (AvgIpc) is 2.67. The van der Waals surface area contributed by atoms with Gasteiger partial charge in [-0.3, -0.25) is 9.59 Å². The molecule has 1 aromatic carbocycles. The van der Waals surface area contributed by atoms with Crippen LogP contribution in [0.1, 0.15) is 29.5 Å². The number of phenols is 1. The van der Waals surface area contributed by atoms with Gasteiger partial charge in [-0.15, -0.1) is 0 Å². The number of allylic oxidation sites excluding steroid dienone is 2. The van der Waals surface area contributed by atoms with Gasteiger partial charge in [0.2, 0.25) is 5.79 Å². The van der Waals surface area contributed by atoms with E-state index < -0.39 is 52.3 Å². The Morgan fingerprint density at radius 1 is 1.21 bits per heavy atom. The van der Waals surface area contributed by atoms with E-state index in [1.165, 1.54) is 6.07 Å². The zero-order chi connectivity index (χ0) is 24.2. The van der Waals surface area contributed by atoms with Gasteiger partial charge < -0.3 is 36.2 Å². The summed E-state index contributed by atoms with van der Waals surface area (Å²) in [4.78, 5) is 27.2. The average molecular weight is 456 g/mol. The van der Waals surface area contributed by atoms with E-state index in [0.29, 0.717) is 18.5 Å². The molecule has 3 unspecified atom stereocenters.